The Hall–Kier alpha value is -0.0400. The molecule has 0 fully saturated rings. The fraction of sp³-hybridized carbons (Fsp3) is 1.00. The van der Waals surface area contributed by atoms with Gasteiger partial charge < -0.3 is 5.11 Å². The first-order valence-corrected chi connectivity index (χ1v) is 7.88. The van der Waals surface area contributed by atoms with Crippen LogP contribution in [-0.4, -0.2) is 11.2 Å². The fourth-order valence-corrected chi connectivity index (χ4v) is 2.26. The number of aliphatic hydroxyl groups excluding tert-OH is 1. The SMILES string of the molecule is CCCCCCCCCCC(O)CC(C)CC. The van der Waals surface area contributed by atoms with Crippen LogP contribution in [0.25, 0.3) is 0 Å². The molecule has 0 aromatic heterocycles. The quantitative estimate of drug-likeness (QED) is 0.460. The van der Waals surface area contributed by atoms with Crippen molar-refractivity contribution in [3.05, 3.63) is 0 Å². The number of hydrogen-bond donors (Lipinski definition) is 1. The first-order chi connectivity index (χ1) is 8.20. The summed E-state index contributed by atoms with van der Waals surface area (Å²) in [5.41, 5.74) is 0. The molecule has 0 spiro atoms. The molecule has 1 heteroatoms. The molecule has 0 aliphatic heterocycles. The molecule has 0 aliphatic carbocycles. The van der Waals surface area contributed by atoms with Crippen molar-refractivity contribution in [1.82, 2.24) is 0 Å². The molecule has 1 nitrogen and oxygen atoms in total. The van der Waals surface area contributed by atoms with Gasteiger partial charge in [0.2, 0.25) is 0 Å². The van der Waals surface area contributed by atoms with Gasteiger partial charge in [-0.1, -0.05) is 78.6 Å². The molecule has 0 rings (SSSR count). The van der Waals surface area contributed by atoms with Crippen LogP contribution in [0.15, 0.2) is 0 Å². The summed E-state index contributed by atoms with van der Waals surface area (Å²) < 4.78 is 0. The molecule has 0 saturated heterocycles. The molecule has 1 N–H and O–H groups in total. The van der Waals surface area contributed by atoms with Gasteiger partial charge >= 0.3 is 0 Å². The van der Waals surface area contributed by atoms with E-state index in [1.807, 2.05) is 0 Å². The zero-order valence-corrected chi connectivity index (χ0v) is 12.4. The van der Waals surface area contributed by atoms with Crippen LogP contribution in [0, 0.1) is 5.92 Å². The monoisotopic (exact) mass is 242 g/mol. The second-order valence-electron chi connectivity index (χ2n) is 5.67. The van der Waals surface area contributed by atoms with E-state index in [0.717, 1.165) is 12.8 Å². The van der Waals surface area contributed by atoms with Gasteiger partial charge in [0.05, 0.1) is 6.10 Å². The molecule has 104 valence electrons. The van der Waals surface area contributed by atoms with Crippen molar-refractivity contribution in [2.45, 2.75) is 97.5 Å². The third kappa shape index (κ3) is 12.2. The lowest BCUT2D eigenvalue weighted by Crippen LogP contribution is -2.11. The van der Waals surface area contributed by atoms with Gasteiger partial charge in [0, 0.05) is 0 Å². The molecular formula is C16H34O. The molecule has 0 amide bonds. The smallest absolute Gasteiger partial charge is 0.0542 e. The minimum atomic E-state index is -0.0509. The van der Waals surface area contributed by atoms with Crippen molar-refractivity contribution in [2.75, 3.05) is 0 Å². The topological polar surface area (TPSA) is 20.2 Å². The average Bonchev–Trinajstić information content (AvgIpc) is 2.32. The van der Waals surface area contributed by atoms with Crippen LogP contribution in [0.1, 0.15) is 91.4 Å². The Kier molecular flexibility index (Phi) is 12.4. The van der Waals surface area contributed by atoms with Crippen LogP contribution in [0.4, 0.5) is 0 Å². The Morgan fingerprint density at radius 2 is 1.35 bits per heavy atom. The van der Waals surface area contributed by atoms with E-state index < -0.39 is 0 Å². The molecule has 0 bridgehead atoms. The third-order valence-electron chi connectivity index (χ3n) is 3.76. The molecule has 2 unspecified atom stereocenters. The van der Waals surface area contributed by atoms with Crippen molar-refractivity contribution in [3.63, 3.8) is 0 Å². The Balaban J connectivity index is 3.16. The minimum absolute atomic E-state index is 0.0509. The van der Waals surface area contributed by atoms with Crippen LogP contribution in [0.3, 0.4) is 0 Å². The largest absolute Gasteiger partial charge is 0.393 e. The van der Waals surface area contributed by atoms with Gasteiger partial charge in [-0.15, -0.1) is 0 Å². The van der Waals surface area contributed by atoms with Crippen molar-refractivity contribution < 1.29 is 5.11 Å². The molecule has 0 heterocycles. The van der Waals surface area contributed by atoms with Crippen molar-refractivity contribution in [3.8, 4) is 0 Å². The van der Waals surface area contributed by atoms with E-state index in [-0.39, 0.29) is 6.10 Å². The lowest BCUT2D eigenvalue weighted by molar-refractivity contribution is 0.132. The summed E-state index contributed by atoms with van der Waals surface area (Å²) in [5.74, 6) is 0.680. The highest BCUT2D eigenvalue weighted by Crippen LogP contribution is 2.15. The van der Waals surface area contributed by atoms with Crippen LogP contribution in [0.5, 0.6) is 0 Å². The van der Waals surface area contributed by atoms with Crippen LogP contribution < -0.4 is 0 Å². The molecule has 0 radical (unpaired) electrons. The van der Waals surface area contributed by atoms with Gasteiger partial charge in [-0.2, -0.15) is 0 Å². The summed E-state index contributed by atoms with van der Waals surface area (Å²) in [5, 5.41) is 9.82. The minimum Gasteiger partial charge on any atom is -0.393 e. The van der Waals surface area contributed by atoms with Gasteiger partial charge in [-0.3, -0.25) is 0 Å². The highest BCUT2D eigenvalue weighted by Gasteiger charge is 2.08. The van der Waals surface area contributed by atoms with E-state index in [2.05, 4.69) is 20.8 Å². The van der Waals surface area contributed by atoms with Crippen LogP contribution in [0.2, 0.25) is 0 Å². The zero-order valence-electron chi connectivity index (χ0n) is 12.4. The highest BCUT2D eigenvalue weighted by atomic mass is 16.3. The molecule has 0 aromatic carbocycles. The van der Waals surface area contributed by atoms with Crippen molar-refractivity contribution in [1.29, 1.82) is 0 Å². The standard InChI is InChI=1S/C16H34O/c1-4-6-7-8-9-10-11-12-13-16(17)14-15(3)5-2/h15-17H,4-14H2,1-3H3. The van der Waals surface area contributed by atoms with Gasteiger partial charge in [-0.25, -0.2) is 0 Å². The predicted octanol–water partition coefficient (Wildman–Crippen LogP) is 5.31. The summed E-state index contributed by atoms with van der Waals surface area (Å²) in [7, 11) is 0. The van der Waals surface area contributed by atoms with Crippen molar-refractivity contribution >= 4 is 0 Å². The lowest BCUT2D eigenvalue weighted by atomic mass is 9.97. The summed E-state index contributed by atoms with van der Waals surface area (Å²) in [6, 6.07) is 0. The zero-order chi connectivity index (χ0) is 12.9. The average molecular weight is 242 g/mol. The summed E-state index contributed by atoms with van der Waals surface area (Å²) >= 11 is 0. The summed E-state index contributed by atoms with van der Waals surface area (Å²) in [6.07, 6.45) is 14.0. The number of rotatable bonds is 12. The maximum atomic E-state index is 9.82. The Labute approximate surface area is 109 Å². The number of hydrogen-bond acceptors (Lipinski definition) is 1. The third-order valence-corrected chi connectivity index (χ3v) is 3.76. The Bertz CT molecular complexity index is 144. The lowest BCUT2D eigenvalue weighted by Gasteiger charge is -2.14. The van der Waals surface area contributed by atoms with E-state index in [4.69, 9.17) is 0 Å². The van der Waals surface area contributed by atoms with Crippen molar-refractivity contribution in [2.24, 2.45) is 5.92 Å². The molecular weight excluding hydrogens is 208 g/mol. The van der Waals surface area contributed by atoms with E-state index in [0.29, 0.717) is 5.92 Å². The highest BCUT2D eigenvalue weighted by molar-refractivity contribution is 4.60. The summed E-state index contributed by atoms with van der Waals surface area (Å²) in [4.78, 5) is 0. The second kappa shape index (κ2) is 12.4. The number of unbranched alkanes of at least 4 members (excludes halogenated alkanes) is 7. The number of aliphatic hydroxyl groups is 1. The van der Waals surface area contributed by atoms with Gasteiger partial charge in [0.25, 0.3) is 0 Å². The van der Waals surface area contributed by atoms with Crippen LogP contribution >= 0.6 is 0 Å². The second-order valence-corrected chi connectivity index (χ2v) is 5.67. The van der Waals surface area contributed by atoms with Gasteiger partial charge in [0.15, 0.2) is 0 Å². The van der Waals surface area contributed by atoms with E-state index in [1.165, 1.54) is 57.8 Å². The van der Waals surface area contributed by atoms with E-state index in [1.54, 1.807) is 0 Å². The molecule has 0 saturated carbocycles. The Morgan fingerprint density at radius 3 is 1.88 bits per heavy atom. The Morgan fingerprint density at radius 1 is 0.824 bits per heavy atom. The van der Waals surface area contributed by atoms with Crippen LogP contribution in [-0.2, 0) is 0 Å². The van der Waals surface area contributed by atoms with Gasteiger partial charge in [-0.05, 0) is 18.8 Å². The molecule has 0 aliphatic rings. The predicted molar refractivity (Wildman–Crippen MR) is 77.3 cm³/mol. The van der Waals surface area contributed by atoms with E-state index >= 15 is 0 Å². The van der Waals surface area contributed by atoms with Gasteiger partial charge in [0.1, 0.15) is 0 Å². The normalized spacial score (nSPS) is 14.8. The molecule has 17 heavy (non-hydrogen) atoms. The maximum Gasteiger partial charge on any atom is 0.0542 e. The fourth-order valence-electron chi connectivity index (χ4n) is 2.26. The summed E-state index contributed by atoms with van der Waals surface area (Å²) in [6.45, 7) is 6.70. The first kappa shape index (κ1) is 17.0. The first-order valence-electron chi connectivity index (χ1n) is 7.88. The van der Waals surface area contributed by atoms with E-state index in [9.17, 15) is 5.11 Å². The molecule has 0 aromatic rings. The maximum absolute atomic E-state index is 9.82. The molecule has 2 atom stereocenters.